The van der Waals surface area contributed by atoms with E-state index in [4.69, 9.17) is 12.2 Å². The highest BCUT2D eigenvalue weighted by Gasteiger charge is 2.19. The molecule has 21 heavy (non-hydrogen) atoms. The lowest BCUT2D eigenvalue weighted by Crippen LogP contribution is -2.36. The first-order chi connectivity index (χ1) is 10.0. The molecular formula is C14H17N5OS. The maximum Gasteiger partial charge on any atom is 0.239 e. The summed E-state index contributed by atoms with van der Waals surface area (Å²) >= 11 is 5.19. The predicted molar refractivity (Wildman–Crippen MR) is 82.4 cm³/mol. The zero-order chi connectivity index (χ0) is 16.0. The van der Waals surface area contributed by atoms with E-state index in [2.05, 4.69) is 16.4 Å². The maximum absolute atomic E-state index is 11.6. The number of hydrogen-bond donors (Lipinski definition) is 2. The van der Waals surface area contributed by atoms with Crippen molar-refractivity contribution in [3.8, 4) is 12.1 Å². The lowest BCUT2D eigenvalue weighted by Gasteiger charge is -2.24. The minimum atomic E-state index is -0.164. The molecule has 0 radical (unpaired) electrons. The summed E-state index contributed by atoms with van der Waals surface area (Å²) in [5.74, 6) is 0.326. The Kier molecular flexibility index (Phi) is 5.89. The number of carbonyl (C=O) groups is 1. The van der Waals surface area contributed by atoms with Gasteiger partial charge in [0.25, 0.3) is 0 Å². The molecule has 1 amide bonds. The van der Waals surface area contributed by atoms with Gasteiger partial charge in [-0.05, 0) is 18.9 Å². The molecule has 1 rings (SSSR count). The summed E-state index contributed by atoms with van der Waals surface area (Å²) in [4.78, 5) is 16.2. The number of amides is 1. The smallest absolute Gasteiger partial charge is 0.239 e. The van der Waals surface area contributed by atoms with Crippen LogP contribution in [-0.4, -0.2) is 31.0 Å². The zero-order valence-corrected chi connectivity index (χ0v) is 13.1. The molecule has 0 aromatic carbocycles. The van der Waals surface area contributed by atoms with Crippen LogP contribution < -0.4 is 10.2 Å². The lowest BCUT2D eigenvalue weighted by molar-refractivity contribution is -0.119. The first-order valence-corrected chi connectivity index (χ1v) is 6.99. The van der Waals surface area contributed by atoms with Crippen LogP contribution in [0, 0.1) is 27.3 Å². The largest absolute Gasteiger partial charge is 0.358 e. The zero-order valence-electron chi connectivity index (χ0n) is 12.3. The van der Waals surface area contributed by atoms with E-state index in [0.29, 0.717) is 40.1 Å². The van der Waals surface area contributed by atoms with Gasteiger partial charge < -0.3 is 15.2 Å². The Morgan fingerprint density at radius 1 is 1.33 bits per heavy atom. The normalized spacial score (nSPS) is 9.57. The number of likely N-dealkylation sites (N-methyl/N-ethyl adjacent to an activating group) is 2. The topological polar surface area (TPSA) is 95.7 Å². The number of carbonyl (C=O) groups excluding carboxylic acids is 1. The standard InChI is InChI=1S/C14H17N5OS/c1-4-9-10(6-15)13(18-14(21)11(9)7-16)19(5-2)8-12(20)17-3/h4-5,8H2,1-3H3,(H,17,20)(H,18,21). The van der Waals surface area contributed by atoms with Crippen molar-refractivity contribution in [2.75, 3.05) is 25.0 Å². The molecule has 1 aromatic rings. The Morgan fingerprint density at radius 3 is 2.38 bits per heavy atom. The predicted octanol–water partition coefficient (Wildman–Crippen LogP) is 1.62. The van der Waals surface area contributed by atoms with Crippen LogP contribution in [0.1, 0.15) is 30.5 Å². The fraction of sp³-hybridized carbons (Fsp3) is 0.429. The SMILES string of the molecule is CCc1c(C#N)c(N(CC)CC(=O)NC)[nH]c(=S)c1C#N. The third-order valence-corrected chi connectivity index (χ3v) is 3.49. The van der Waals surface area contributed by atoms with Gasteiger partial charge in [0, 0.05) is 13.6 Å². The molecule has 1 heterocycles. The second kappa shape index (κ2) is 7.41. The van der Waals surface area contributed by atoms with Gasteiger partial charge in [-0.15, -0.1) is 0 Å². The number of nitriles is 2. The second-order valence-corrected chi connectivity index (χ2v) is 4.70. The van der Waals surface area contributed by atoms with Gasteiger partial charge >= 0.3 is 0 Å². The fourth-order valence-corrected chi connectivity index (χ4v) is 2.33. The van der Waals surface area contributed by atoms with Gasteiger partial charge in [0.05, 0.1) is 17.7 Å². The fourth-order valence-electron chi connectivity index (χ4n) is 2.07. The summed E-state index contributed by atoms with van der Waals surface area (Å²) in [6, 6.07) is 4.16. The molecule has 0 atom stereocenters. The number of nitrogens with one attached hydrogen (secondary N) is 2. The third-order valence-electron chi connectivity index (χ3n) is 3.19. The minimum Gasteiger partial charge on any atom is -0.358 e. The van der Waals surface area contributed by atoms with Crippen molar-refractivity contribution in [3.63, 3.8) is 0 Å². The van der Waals surface area contributed by atoms with Gasteiger partial charge in [-0.1, -0.05) is 19.1 Å². The molecular weight excluding hydrogens is 286 g/mol. The van der Waals surface area contributed by atoms with E-state index in [-0.39, 0.29) is 12.5 Å². The van der Waals surface area contributed by atoms with Crippen molar-refractivity contribution < 1.29 is 4.79 Å². The van der Waals surface area contributed by atoms with Crippen LogP contribution in [0.5, 0.6) is 0 Å². The quantitative estimate of drug-likeness (QED) is 0.806. The number of aromatic nitrogens is 1. The van der Waals surface area contributed by atoms with Crippen LogP contribution >= 0.6 is 12.2 Å². The van der Waals surface area contributed by atoms with E-state index in [0.717, 1.165) is 0 Å². The Bertz CT molecular complexity index is 680. The number of rotatable bonds is 5. The number of H-pyrrole nitrogens is 1. The van der Waals surface area contributed by atoms with E-state index in [1.807, 2.05) is 19.9 Å². The van der Waals surface area contributed by atoms with Crippen molar-refractivity contribution in [1.29, 1.82) is 10.5 Å². The average molecular weight is 303 g/mol. The van der Waals surface area contributed by atoms with Crippen molar-refractivity contribution in [1.82, 2.24) is 10.3 Å². The average Bonchev–Trinajstić information content (AvgIpc) is 2.50. The van der Waals surface area contributed by atoms with Crippen LogP contribution in [0.15, 0.2) is 0 Å². The monoisotopic (exact) mass is 303 g/mol. The van der Waals surface area contributed by atoms with E-state index >= 15 is 0 Å². The number of hydrogen-bond acceptors (Lipinski definition) is 5. The Morgan fingerprint density at radius 2 is 1.95 bits per heavy atom. The molecule has 2 N–H and O–H groups in total. The van der Waals surface area contributed by atoms with E-state index in [1.165, 1.54) is 0 Å². The summed E-state index contributed by atoms with van der Waals surface area (Å²) in [7, 11) is 1.56. The van der Waals surface area contributed by atoms with Crippen LogP contribution in [-0.2, 0) is 11.2 Å². The van der Waals surface area contributed by atoms with Gasteiger partial charge in [-0.25, -0.2) is 0 Å². The van der Waals surface area contributed by atoms with E-state index < -0.39 is 0 Å². The Labute approximate surface area is 129 Å². The Hall–Kier alpha value is -2.38. The molecule has 110 valence electrons. The molecule has 7 heteroatoms. The maximum atomic E-state index is 11.6. The van der Waals surface area contributed by atoms with Crippen molar-refractivity contribution in [3.05, 3.63) is 21.3 Å². The van der Waals surface area contributed by atoms with Gasteiger partial charge in [0.2, 0.25) is 5.91 Å². The molecule has 0 fully saturated rings. The molecule has 0 aliphatic rings. The van der Waals surface area contributed by atoms with Gasteiger partial charge in [0.1, 0.15) is 22.6 Å². The highest BCUT2D eigenvalue weighted by atomic mass is 32.1. The molecule has 6 nitrogen and oxygen atoms in total. The molecule has 0 unspecified atom stereocenters. The highest BCUT2D eigenvalue weighted by molar-refractivity contribution is 7.71. The molecule has 0 saturated heterocycles. The summed E-state index contributed by atoms with van der Waals surface area (Å²) in [5.41, 5.74) is 1.31. The first kappa shape index (κ1) is 16.7. The van der Waals surface area contributed by atoms with Crippen LogP contribution in [0.3, 0.4) is 0 Å². The van der Waals surface area contributed by atoms with Crippen LogP contribution in [0.2, 0.25) is 0 Å². The summed E-state index contributed by atoms with van der Waals surface area (Å²) in [5, 5.41) is 21.2. The second-order valence-electron chi connectivity index (χ2n) is 4.30. The third kappa shape index (κ3) is 3.39. The molecule has 0 bridgehead atoms. The minimum absolute atomic E-state index is 0.113. The van der Waals surface area contributed by atoms with Crippen LogP contribution in [0.4, 0.5) is 5.82 Å². The molecule has 1 aromatic heterocycles. The van der Waals surface area contributed by atoms with Gasteiger partial charge in [-0.2, -0.15) is 10.5 Å². The molecule has 0 spiro atoms. The summed E-state index contributed by atoms with van der Waals surface area (Å²) in [6.07, 6.45) is 0.522. The lowest BCUT2D eigenvalue weighted by atomic mass is 10.0. The summed E-state index contributed by atoms with van der Waals surface area (Å²) < 4.78 is 0.290. The van der Waals surface area contributed by atoms with E-state index in [1.54, 1.807) is 11.9 Å². The Balaban J connectivity index is 3.53. The van der Waals surface area contributed by atoms with Gasteiger partial charge in [-0.3, -0.25) is 4.79 Å². The number of pyridine rings is 1. The first-order valence-electron chi connectivity index (χ1n) is 6.58. The number of anilines is 1. The van der Waals surface area contributed by atoms with E-state index in [9.17, 15) is 15.3 Å². The highest BCUT2D eigenvalue weighted by Crippen LogP contribution is 2.25. The molecule has 0 aliphatic heterocycles. The number of nitrogens with zero attached hydrogens (tertiary/aromatic N) is 3. The van der Waals surface area contributed by atoms with Crippen molar-refractivity contribution >= 4 is 23.9 Å². The number of aromatic amines is 1. The van der Waals surface area contributed by atoms with Crippen LogP contribution in [0.25, 0.3) is 0 Å². The van der Waals surface area contributed by atoms with Gasteiger partial charge in [0.15, 0.2) is 0 Å². The molecule has 0 aliphatic carbocycles. The summed E-state index contributed by atoms with van der Waals surface area (Å²) in [6.45, 7) is 4.39. The van der Waals surface area contributed by atoms with Crippen molar-refractivity contribution in [2.24, 2.45) is 0 Å². The van der Waals surface area contributed by atoms with Crippen molar-refractivity contribution in [2.45, 2.75) is 20.3 Å². The molecule has 0 saturated carbocycles.